The van der Waals surface area contributed by atoms with Gasteiger partial charge < -0.3 is 15.4 Å². The molecule has 0 saturated heterocycles. The van der Waals surface area contributed by atoms with Gasteiger partial charge in [-0.1, -0.05) is 37.5 Å². The Morgan fingerprint density at radius 3 is 2.81 bits per heavy atom. The first-order chi connectivity index (χ1) is 13.3. The largest absolute Gasteiger partial charge is 0.490 e. The molecule has 5 nitrogen and oxygen atoms in total. The van der Waals surface area contributed by atoms with Crippen molar-refractivity contribution in [2.24, 2.45) is 0 Å². The third-order valence-electron chi connectivity index (χ3n) is 5.11. The lowest BCUT2D eigenvalue weighted by atomic mass is 9.95. The number of amides is 1. The molecule has 27 heavy (non-hydrogen) atoms. The Morgan fingerprint density at radius 2 is 1.93 bits per heavy atom. The number of benzene rings is 1. The number of hydrogen-bond acceptors (Lipinski definition) is 4. The van der Waals surface area contributed by atoms with E-state index in [9.17, 15) is 4.79 Å². The molecule has 5 heteroatoms. The standard InChI is InChI=1S/C22H31N3O2/c26-21(25-19-10-2-1-3-11-19)13-4-5-14-23-16-17-27-20-12-6-8-18-9-7-15-24-22(18)20/h6-9,12,15,19,23H,1-5,10-11,13-14,16-17H2,(H,25,26). The molecule has 2 N–H and O–H groups in total. The number of rotatable bonds is 10. The van der Waals surface area contributed by atoms with Crippen LogP contribution in [0, 0.1) is 0 Å². The Bertz CT molecular complexity index is 708. The molecule has 0 radical (unpaired) electrons. The predicted molar refractivity (Wildman–Crippen MR) is 109 cm³/mol. The Morgan fingerprint density at radius 1 is 1.07 bits per heavy atom. The summed E-state index contributed by atoms with van der Waals surface area (Å²) < 4.78 is 5.86. The number of pyridine rings is 1. The molecular formula is C22H31N3O2. The summed E-state index contributed by atoms with van der Waals surface area (Å²) in [7, 11) is 0. The molecule has 0 aliphatic heterocycles. The first kappa shape index (κ1) is 19.6. The average Bonchev–Trinajstić information content (AvgIpc) is 2.71. The molecule has 1 aliphatic carbocycles. The van der Waals surface area contributed by atoms with E-state index in [0.717, 1.165) is 55.4 Å². The van der Waals surface area contributed by atoms with Gasteiger partial charge in [-0.15, -0.1) is 0 Å². The van der Waals surface area contributed by atoms with Crippen molar-refractivity contribution in [3.8, 4) is 5.75 Å². The minimum absolute atomic E-state index is 0.216. The molecule has 1 saturated carbocycles. The molecule has 1 fully saturated rings. The van der Waals surface area contributed by atoms with Crippen LogP contribution in [0.3, 0.4) is 0 Å². The minimum Gasteiger partial charge on any atom is -0.490 e. The zero-order valence-electron chi connectivity index (χ0n) is 16.1. The molecular weight excluding hydrogens is 338 g/mol. The van der Waals surface area contributed by atoms with Crippen LogP contribution in [0.4, 0.5) is 0 Å². The maximum atomic E-state index is 12.0. The lowest BCUT2D eigenvalue weighted by Crippen LogP contribution is -2.36. The highest BCUT2D eigenvalue weighted by atomic mass is 16.5. The van der Waals surface area contributed by atoms with Crippen LogP contribution in [0.1, 0.15) is 51.4 Å². The van der Waals surface area contributed by atoms with Crippen LogP contribution in [-0.2, 0) is 4.79 Å². The summed E-state index contributed by atoms with van der Waals surface area (Å²) in [6.45, 7) is 2.31. The summed E-state index contributed by atoms with van der Waals surface area (Å²) in [5, 5.41) is 7.65. The van der Waals surface area contributed by atoms with Gasteiger partial charge >= 0.3 is 0 Å². The topological polar surface area (TPSA) is 63.2 Å². The molecule has 0 spiro atoms. The summed E-state index contributed by atoms with van der Waals surface area (Å²) >= 11 is 0. The molecule has 146 valence electrons. The Balaban J connectivity index is 1.23. The van der Waals surface area contributed by atoms with Crippen LogP contribution in [0.15, 0.2) is 36.5 Å². The van der Waals surface area contributed by atoms with Crippen LogP contribution in [-0.4, -0.2) is 36.6 Å². The first-order valence-electron chi connectivity index (χ1n) is 10.3. The van der Waals surface area contributed by atoms with Gasteiger partial charge in [-0.05, 0) is 44.4 Å². The van der Waals surface area contributed by atoms with E-state index in [0.29, 0.717) is 19.1 Å². The highest BCUT2D eigenvalue weighted by Crippen LogP contribution is 2.22. The number of nitrogens with one attached hydrogen (secondary N) is 2. The van der Waals surface area contributed by atoms with Gasteiger partial charge in [0.15, 0.2) is 0 Å². The second kappa shape index (κ2) is 10.9. The third kappa shape index (κ3) is 6.51. The van der Waals surface area contributed by atoms with Crippen LogP contribution < -0.4 is 15.4 Å². The van der Waals surface area contributed by atoms with E-state index in [4.69, 9.17) is 4.74 Å². The van der Waals surface area contributed by atoms with E-state index in [2.05, 4.69) is 15.6 Å². The van der Waals surface area contributed by atoms with Gasteiger partial charge in [0.05, 0.1) is 0 Å². The summed E-state index contributed by atoms with van der Waals surface area (Å²) in [6.07, 6.45) is 10.5. The maximum Gasteiger partial charge on any atom is 0.220 e. The van der Waals surface area contributed by atoms with Gasteiger partial charge in [-0.3, -0.25) is 9.78 Å². The molecule has 0 unspecified atom stereocenters. The van der Waals surface area contributed by atoms with Crippen LogP contribution in [0.25, 0.3) is 10.9 Å². The van der Waals surface area contributed by atoms with E-state index < -0.39 is 0 Å². The normalized spacial score (nSPS) is 15.0. The van der Waals surface area contributed by atoms with Gasteiger partial charge in [0.2, 0.25) is 5.91 Å². The van der Waals surface area contributed by atoms with Gasteiger partial charge in [0.25, 0.3) is 0 Å². The first-order valence-corrected chi connectivity index (χ1v) is 10.3. The van der Waals surface area contributed by atoms with Crippen LogP contribution in [0.5, 0.6) is 5.75 Å². The van der Waals surface area contributed by atoms with Crippen molar-refractivity contribution < 1.29 is 9.53 Å². The smallest absolute Gasteiger partial charge is 0.220 e. The number of unbranched alkanes of at least 4 members (excludes halogenated alkanes) is 1. The molecule has 1 aliphatic rings. The fourth-order valence-electron chi connectivity index (χ4n) is 3.63. The van der Waals surface area contributed by atoms with Crippen molar-refractivity contribution in [1.29, 1.82) is 0 Å². The Kier molecular flexibility index (Phi) is 7.90. The molecule has 2 aromatic rings. The number of para-hydroxylation sites is 1. The summed E-state index contributed by atoms with van der Waals surface area (Å²) in [4.78, 5) is 16.3. The summed E-state index contributed by atoms with van der Waals surface area (Å²) in [5.41, 5.74) is 0.906. The summed E-state index contributed by atoms with van der Waals surface area (Å²) in [6, 6.07) is 10.4. The molecule has 3 rings (SSSR count). The van der Waals surface area contributed by atoms with Crippen molar-refractivity contribution in [3.05, 3.63) is 36.5 Å². The van der Waals surface area contributed by atoms with Gasteiger partial charge in [-0.2, -0.15) is 0 Å². The van der Waals surface area contributed by atoms with Gasteiger partial charge in [0, 0.05) is 30.6 Å². The number of ether oxygens (including phenoxy) is 1. The maximum absolute atomic E-state index is 12.0. The number of hydrogen-bond donors (Lipinski definition) is 2. The second-order valence-electron chi connectivity index (χ2n) is 7.29. The van der Waals surface area contributed by atoms with Crippen molar-refractivity contribution >= 4 is 16.8 Å². The fourth-order valence-corrected chi connectivity index (χ4v) is 3.63. The lowest BCUT2D eigenvalue weighted by Gasteiger charge is -2.22. The van der Waals surface area contributed by atoms with E-state index >= 15 is 0 Å². The Labute approximate surface area is 161 Å². The van der Waals surface area contributed by atoms with E-state index in [1.54, 1.807) is 6.20 Å². The van der Waals surface area contributed by atoms with Crippen LogP contribution >= 0.6 is 0 Å². The highest BCUT2D eigenvalue weighted by Gasteiger charge is 2.15. The fraction of sp³-hybridized carbons (Fsp3) is 0.545. The predicted octanol–water partition coefficient (Wildman–Crippen LogP) is 3.82. The van der Waals surface area contributed by atoms with Crippen molar-refractivity contribution in [2.45, 2.75) is 57.4 Å². The van der Waals surface area contributed by atoms with Crippen molar-refractivity contribution in [3.63, 3.8) is 0 Å². The molecule has 1 amide bonds. The molecule has 1 aromatic heterocycles. The quantitative estimate of drug-likeness (QED) is 0.625. The third-order valence-corrected chi connectivity index (χ3v) is 5.11. The summed E-state index contributed by atoms with van der Waals surface area (Å²) in [5.74, 6) is 1.04. The minimum atomic E-state index is 0.216. The SMILES string of the molecule is O=C(CCCCNCCOc1cccc2cccnc12)NC1CCCCC1. The molecule has 0 atom stereocenters. The number of carbonyl (C=O) groups excluding carboxylic acids is 1. The van der Waals surface area contributed by atoms with E-state index in [-0.39, 0.29) is 5.91 Å². The average molecular weight is 370 g/mol. The molecule has 0 bridgehead atoms. The lowest BCUT2D eigenvalue weighted by molar-refractivity contribution is -0.122. The molecule has 1 heterocycles. The van der Waals surface area contributed by atoms with Crippen molar-refractivity contribution in [1.82, 2.24) is 15.6 Å². The number of fused-ring (bicyclic) bond motifs is 1. The Hall–Kier alpha value is -2.14. The van der Waals surface area contributed by atoms with Crippen LogP contribution in [0.2, 0.25) is 0 Å². The monoisotopic (exact) mass is 369 g/mol. The molecule has 1 aromatic carbocycles. The van der Waals surface area contributed by atoms with Gasteiger partial charge in [-0.25, -0.2) is 0 Å². The van der Waals surface area contributed by atoms with E-state index in [1.807, 2.05) is 30.3 Å². The second-order valence-corrected chi connectivity index (χ2v) is 7.29. The number of carbonyl (C=O) groups is 1. The zero-order chi connectivity index (χ0) is 18.7. The zero-order valence-corrected chi connectivity index (χ0v) is 16.1. The van der Waals surface area contributed by atoms with Crippen molar-refractivity contribution in [2.75, 3.05) is 19.7 Å². The number of nitrogens with zero attached hydrogens (tertiary/aromatic N) is 1. The van der Waals surface area contributed by atoms with Gasteiger partial charge in [0.1, 0.15) is 17.9 Å². The van der Waals surface area contributed by atoms with E-state index in [1.165, 1.54) is 19.3 Å². The highest BCUT2D eigenvalue weighted by molar-refractivity contribution is 5.84. The number of aromatic nitrogens is 1.